The molecular weight excluding hydrogens is 236 g/mol. The van der Waals surface area contributed by atoms with E-state index in [1.165, 1.54) is 13.2 Å². The number of methoxy groups -OCH3 is 1. The third-order valence-electron chi connectivity index (χ3n) is 2.64. The number of aliphatic hydroxyl groups is 1. The van der Waals surface area contributed by atoms with Crippen LogP contribution in [0.5, 0.6) is 0 Å². The van der Waals surface area contributed by atoms with Crippen molar-refractivity contribution in [1.82, 2.24) is 0 Å². The molecule has 1 N–H and O–H groups in total. The summed E-state index contributed by atoms with van der Waals surface area (Å²) in [5, 5.41) is 20.6. The summed E-state index contributed by atoms with van der Waals surface area (Å²) in [5.74, 6) is 0. The first-order valence-corrected chi connectivity index (χ1v) is 5.59. The average molecular weight is 254 g/mol. The fourth-order valence-corrected chi connectivity index (χ4v) is 1.94. The van der Waals surface area contributed by atoms with Gasteiger partial charge >= 0.3 is 0 Å². The van der Waals surface area contributed by atoms with Gasteiger partial charge in [0, 0.05) is 26.8 Å². The van der Waals surface area contributed by atoms with Crippen LogP contribution in [0.3, 0.4) is 0 Å². The van der Waals surface area contributed by atoms with Crippen molar-refractivity contribution in [2.75, 3.05) is 32.2 Å². The van der Waals surface area contributed by atoms with Gasteiger partial charge < -0.3 is 14.7 Å². The Bertz CT molecular complexity index is 423. The molecule has 0 spiro atoms. The number of benzene rings is 1. The lowest BCUT2D eigenvalue weighted by Crippen LogP contribution is -2.32. The van der Waals surface area contributed by atoms with E-state index in [2.05, 4.69) is 0 Å². The number of aliphatic hydroxyl groups excluding tert-OH is 1. The molecule has 1 aromatic rings. The lowest BCUT2D eigenvalue weighted by atomic mass is 10.1. The molecule has 0 aliphatic carbocycles. The Hall–Kier alpha value is -1.66. The molecule has 0 aliphatic rings. The maximum Gasteiger partial charge on any atom is 0.292 e. The van der Waals surface area contributed by atoms with E-state index in [0.29, 0.717) is 5.69 Å². The SMILES string of the molecule is COCC(O)CN(C)c1c(C)cccc1[N+](=O)[O-]. The monoisotopic (exact) mass is 254 g/mol. The molecule has 1 rings (SSSR count). The summed E-state index contributed by atoms with van der Waals surface area (Å²) in [6.07, 6.45) is -0.681. The van der Waals surface area contributed by atoms with Gasteiger partial charge in [0.1, 0.15) is 5.69 Å². The predicted octanol–water partition coefficient (Wildman–Crippen LogP) is 1.35. The Balaban J connectivity index is 2.97. The van der Waals surface area contributed by atoms with E-state index in [1.54, 1.807) is 18.0 Å². The Morgan fingerprint density at radius 2 is 2.22 bits per heavy atom. The molecule has 18 heavy (non-hydrogen) atoms. The van der Waals surface area contributed by atoms with Crippen LogP contribution < -0.4 is 4.90 Å². The second-order valence-corrected chi connectivity index (χ2v) is 4.19. The van der Waals surface area contributed by atoms with Crippen LogP contribution in [0.15, 0.2) is 18.2 Å². The quantitative estimate of drug-likeness (QED) is 0.612. The molecule has 1 atom stereocenters. The molecule has 6 nitrogen and oxygen atoms in total. The molecule has 0 heterocycles. The van der Waals surface area contributed by atoms with Crippen molar-refractivity contribution in [3.63, 3.8) is 0 Å². The fraction of sp³-hybridized carbons (Fsp3) is 0.500. The summed E-state index contributed by atoms with van der Waals surface area (Å²) in [4.78, 5) is 12.2. The minimum atomic E-state index is -0.681. The third-order valence-corrected chi connectivity index (χ3v) is 2.64. The van der Waals surface area contributed by atoms with Crippen LogP contribution >= 0.6 is 0 Å². The molecule has 0 radical (unpaired) electrons. The van der Waals surface area contributed by atoms with E-state index in [0.717, 1.165) is 5.56 Å². The maximum atomic E-state index is 11.0. The highest BCUT2D eigenvalue weighted by Crippen LogP contribution is 2.30. The predicted molar refractivity (Wildman–Crippen MR) is 69.0 cm³/mol. The topological polar surface area (TPSA) is 75.8 Å². The van der Waals surface area contributed by atoms with Gasteiger partial charge in [-0.1, -0.05) is 12.1 Å². The fourth-order valence-electron chi connectivity index (χ4n) is 1.94. The highest BCUT2D eigenvalue weighted by atomic mass is 16.6. The molecule has 0 aromatic heterocycles. The van der Waals surface area contributed by atoms with Crippen LogP contribution in [0.1, 0.15) is 5.56 Å². The summed E-state index contributed by atoms with van der Waals surface area (Å²) in [7, 11) is 3.22. The van der Waals surface area contributed by atoms with Crippen molar-refractivity contribution < 1.29 is 14.8 Å². The van der Waals surface area contributed by atoms with Crippen molar-refractivity contribution in [2.24, 2.45) is 0 Å². The number of nitrogens with zero attached hydrogens (tertiary/aromatic N) is 2. The first kappa shape index (κ1) is 14.4. The van der Waals surface area contributed by atoms with Crippen molar-refractivity contribution >= 4 is 11.4 Å². The lowest BCUT2D eigenvalue weighted by Gasteiger charge is -2.23. The Morgan fingerprint density at radius 3 is 2.78 bits per heavy atom. The van der Waals surface area contributed by atoms with Gasteiger partial charge in [-0.25, -0.2) is 0 Å². The average Bonchev–Trinajstić information content (AvgIpc) is 2.28. The number of hydrogen-bond acceptors (Lipinski definition) is 5. The maximum absolute atomic E-state index is 11.0. The second kappa shape index (κ2) is 6.32. The smallest absolute Gasteiger partial charge is 0.292 e. The number of nitro groups is 1. The third kappa shape index (κ3) is 3.41. The highest BCUT2D eigenvalue weighted by Gasteiger charge is 2.20. The van der Waals surface area contributed by atoms with Crippen LogP contribution in [0.25, 0.3) is 0 Å². The van der Waals surface area contributed by atoms with E-state index in [9.17, 15) is 15.2 Å². The van der Waals surface area contributed by atoms with Gasteiger partial charge in [-0.2, -0.15) is 0 Å². The molecule has 0 amide bonds. The molecule has 1 unspecified atom stereocenters. The van der Waals surface area contributed by atoms with Gasteiger partial charge in [0.25, 0.3) is 5.69 Å². The minimum absolute atomic E-state index is 0.0436. The summed E-state index contributed by atoms with van der Waals surface area (Å²) >= 11 is 0. The van der Waals surface area contributed by atoms with Crippen LogP contribution in [-0.2, 0) is 4.74 Å². The lowest BCUT2D eigenvalue weighted by molar-refractivity contribution is -0.384. The molecule has 0 fully saturated rings. The Kier molecular flexibility index (Phi) is 5.06. The van der Waals surface area contributed by atoms with Crippen molar-refractivity contribution in [3.05, 3.63) is 33.9 Å². The standard InChI is InChI=1S/C12H18N2O4/c1-9-5-4-6-11(14(16)17)12(9)13(2)7-10(15)8-18-3/h4-6,10,15H,7-8H2,1-3H3. The number of ether oxygens (including phenoxy) is 1. The van der Waals surface area contributed by atoms with Crippen molar-refractivity contribution in [3.8, 4) is 0 Å². The van der Waals surface area contributed by atoms with Crippen molar-refractivity contribution in [1.29, 1.82) is 0 Å². The number of anilines is 1. The van der Waals surface area contributed by atoms with Gasteiger partial charge in [-0.05, 0) is 12.5 Å². The summed E-state index contributed by atoms with van der Waals surface area (Å²) in [6, 6.07) is 4.92. The van der Waals surface area contributed by atoms with Gasteiger partial charge in [-0.3, -0.25) is 10.1 Å². The van der Waals surface area contributed by atoms with Gasteiger partial charge in [0.15, 0.2) is 0 Å². The molecule has 1 aromatic carbocycles. The van der Waals surface area contributed by atoms with E-state index in [1.807, 2.05) is 13.0 Å². The van der Waals surface area contributed by atoms with Crippen molar-refractivity contribution in [2.45, 2.75) is 13.0 Å². The number of rotatable bonds is 6. The molecule has 0 saturated carbocycles. The Labute approximate surface area is 106 Å². The van der Waals surface area contributed by atoms with E-state index in [-0.39, 0.29) is 18.8 Å². The highest BCUT2D eigenvalue weighted by molar-refractivity contribution is 5.67. The van der Waals surface area contributed by atoms with Crippen LogP contribution in [0.2, 0.25) is 0 Å². The molecular formula is C12H18N2O4. The van der Waals surface area contributed by atoms with E-state index in [4.69, 9.17) is 4.74 Å². The largest absolute Gasteiger partial charge is 0.389 e. The number of nitro benzene ring substituents is 1. The first-order valence-electron chi connectivity index (χ1n) is 5.59. The summed E-state index contributed by atoms with van der Waals surface area (Å²) < 4.78 is 4.84. The summed E-state index contributed by atoms with van der Waals surface area (Å²) in [5.41, 5.74) is 1.37. The molecule has 0 bridgehead atoms. The molecule has 0 aliphatic heterocycles. The number of hydrogen-bond donors (Lipinski definition) is 1. The summed E-state index contributed by atoms with van der Waals surface area (Å²) in [6.45, 7) is 2.28. The number of aryl methyl sites for hydroxylation is 1. The molecule has 6 heteroatoms. The van der Waals surface area contributed by atoms with Crippen LogP contribution in [-0.4, -0.2) is 43.4 Å². The number of para-hydroxylation sites is 1. The normalized spacial score (nSPS) is 12.2. The minimum Gasteiger partial charge on any atom is -0.389 e. The first-order chi connectivity index (χ1) is 8.47. The molecule has 0 saturated heterocycles. The van der Waals surface area contributed by atoms with Gasteiger partial charge in [0.05, 0.1) is 17.6 Å². The van der Waals surface area contributed by atoms with Gasteiger partial charge in [0.2, 0.25) is 0 Å². The zero-order valence-electron chi connectivity index (χ0n) is 10.8. The number of likely N-dealkylation sites (N-methyl/N-ethyl adjacent to an activating group) is 1. The van der Waals surface area contributed by atoms with Crippen LogP contribution in [0.4, 0.5) is 11.4 Å². The zero-order valence-corrected chi connectivity index (χ0v) is 10.8. The zero-order chi connectivity index (χ0) is 13.7. The van der Waals surface area contributed by atoms with Crippen LogP contribution in [0, 0.1) is 17.0 Å². The van der Waals surface area contributed by atoms with Gasteiger partial charge in [-0.15, -0.1) is 0 Å². The van der Waals surface area contributed by atoms with E-state index >= 15 is 0 Å². The molecule has 100 valence electrons. The second-order valence-electron chi connectivity index (χ2n) is 4.19. The van der Waals surface area contributed by atoms with E-state index < -0.39 is 11.0 Å². The Morgan fingerprint density at radius 1 is 1.56 bits per heavy atom.